The van der Waals surface area contributed by atoms with Crippen LogP contribution < -0.4 is 11.2 Å². The third kappa shape index (κ3) is 9.35. The lowest BCUT2D eigenvalue weighted by Crippen LogP contribution is -2.27. The summed E-state index contributed by atoms with van der Waals surface area (Å²) >= 11 is 0. The number of hydroxylamine groups is 1. The molecular weight excluding hydrogens is 160 g/mol. The minimum absolute atomic E-state index is 0.103. The Morgan fingerprint density at radius 3 is 2.83 bits per heavy atom. The molecule has 1 amide bonds. The monoisotopic (exact) mass is 176 g/mol. The van der Waals surface area contributed by atoms with Gasteiger partial charge in [0.05, 0.1) is 6.61 Å². The van der Waals surface area contributed by atoms with E-state index in [2.05, 4.69) is 10.3 Å². The topological polar surface area (TPSA) is 73.6 Å². The molecule has 0 unspecified atom stereocenters. The molecule has 0 aliphatic carbocycles. The average molecular weight is 176 g/mol. The van der Waals surface area contributed by atoms with Gasteiger partial charge in [-0.1, -0.05) is 6.92 Å². The molecule has 0 bridgehead atoms. The molecule has 0 radical (unpaired) electrons. The van der Waals surface area contributed by atoms with Gasteiger partial charge in [-0.3, -0.25) is 9.63 Å². The molecular formula is C7H16N2O3. The number of primary amides is 1. The number of hydrogen-bond acceptors (Lipinski definition) is 4. The van der Waals surface area contributed by atoms with Crippen molar-refractivity contribution in [2.45, 2.75) is 13.3 Å². The molecule has 0 aromatic carbocycles. The zero-order chi connectivity index (χ0) is 9.23. The van der Waals surface area contributed by atoms with Gasteiger partial charge in [-0.05, 0) is 6.42 Å². The van der Waals surface area contributed by atoms with Gasteiger partial charge in [-0.2, -0.15) is 5.48 Å². The maximum Gasteiger partial charge on any atom is 0.245 e. The molecule has 0 aliphatic heterocycles. The number of carbonyl (C=O) groups excluding carboxylic acids is 1. The van der Waals surface area contributed by atoms with Crippen LogP contribution in [0.3, 0.4) is 0 Å². The number of hydrogen-bond donors (Lipinski definition) is 2. The molecule has 12 heavy (non-hydrogen) atoms. The SMILES string of the molecule is CCCOCCNOCC(N)=O. The predicted molar refractivity (Wildman–Crippen MR) is 44.3 cm³/mol. The molecule has 0 saturated heterocycles. The molecule has 0 fully saturated rings. The molecule has 0 aliphatic rings. The molecule has 72 valence electrons. The fraction of sp³-hybridized carbons (Fsp3) is 0.857. The highest BCUT2D eigenvalue weighted by atomic mass is 16.6. The second kappa shape index (κ2) is 8.45. The minimum atomic E-state index is -0.489. The number of carbonyl (C=O) groups is 1. The van der Waals surface area contributed by atoms with Crippen molar-refractivity contribution >= 4 is 5.91 Å². The van der Waals surface area contributed by atoms with Crippen molar-refractivity contribution in [3.8, 4) is 0 Å². The summed E-state index contributed by atoms with van der Waals surface area (Å²) in [6.45, 7) is 3.82. The number of amides is 1. The molecule has 0 aromatic rings. The standard InChI is InChI=1S/C7H16N2O3/c1-2-4-11-5-3-9-12-6-7(8)10/h9H,2-6H2,1H3,(H2,8,10). The van der Waals surface area contributed by atoms with Gasteiger partial charge in [0.2, 0.25) is 5.91 Å². The zero-order valence-corrected chi connectivity index (χ0v) is 7.34. The molecule has 3 N–H and O–H groups in total. The van der Waals surface area contributed by atoms with E-state index in [4.69, 9.17) is 10.5 Å². The summed E-state index contributed by atoms with van der Waals surface area (Å²) in [4.78, 5) is 14.8. The summed E-state index contributed by atoms with van der Waals surface area (Å²) in [5.74, 6) is -0.489. The third-order valence-electron chi connectivity index (χ3n) is 1.01. The van der Waals surface area contributed by atoms with E-state index in [0.29, 0.717) is 13.2 Å². The van der Waals surface area contributed by atoms with Gasteiger partial charge in [-0.15, -0.1) is 0 Å². The maximum atomic E-state index is 10.2. The van der Waals surface area contributed by atoms with Crippen LogP contribution in [0.25, 0.3) is 0 Å². The smallest absolute Gasteiger partial charge is 0.245 e. The number of nitrogens with two attached hydrogens (primary N) is 1. The lowest BCUT2D eigenvalue weighted by Gasteiger charge is -2.03. The van der Waals surface area contributed by atoms with Crippen LogP contribution in [0.4, 0.5) is 0 Å². The van der Waals surface area contributed by atoms with E-state index in [1.807, 2.05) is 6.92 Å². The lowest BCUT2D eigenvalue weighted by molar-refractivity contribution is -0.125. The molecule has 0 spiro atoms. The molecule has 0 atom stereocenters. The van der Waals surface area contributed by atoms with E-state index in [9.17, 15) is 4.79 Å². The Kier molecular flexibility index (Phi) is 7.99. The largest absolute Gasteiger partial charge is 0.380 e. The Hall–Kier alpha value is -0.650. The quantitative estimate of drug-likeness (QED) is 0.383. The first-order valence-electron chi connectivity index (χ1n) is 3.98. The fourth-order valence-electron chi connectivity index (χ4n) is 0.555. The number of ether oxygens (including phenoxy) is 1. The van der Waals surface area contributed by atoms with Crippen molar-refractivity contribution in [2.75, 3.05) is 26.4 Å². The van der Waals surface area contributed by atoms with Crippen LogP contribution in [0.5, 0.6) is 0 Å². The van der Waals surface area contributed by atoms with Crippen LogP contribution in [0.2, 0.25) is 0 Å². The van der Waals surface area contributed by atoms with Gasteiger partial charge in [-0.25, -0.2) is 0 Å². The van der Waals surface area contributed by atoms with Crippen LogP contribution in [0.1, 0.15) is 13.3 Å². The summed E-state index contributed by atoms with van der Waals surface area (Å²) in [7, 11) is 0. The highest BCUT2D eigenvalue weighted by Crippen LogP contribution is 1.78. The number of nitrogens with one attached hydrogen (secondary N) is 1. The lowest BCUT2D eigenvalue weighted by atomic mass is 10.5. The van der Waals surface area contributed by atoms with Crippen LogP contribution in [0, 0.1) is 0 Å². The summed E-state index contributed by atoms with van der Waals surface area (Å²) < 4.78 is 5.13. The first-order chi connectivity index (χ1) is 5.77. The zero-order valence-electron chi connectivity index (χ0n) is 7.34. The predicted octanol–water partition coefficient (Wildman–Crippen LogP) is -0.580. The van der Waals surface area contributed by atoms with Crippen LogP contribution >= 0.6 is 0 Å². The second-order valence-electron chi connectivity index (χ2n) is 2.26. The summed E-state index contributed by atoms with van der Waals surface area (Å²) in [6.07, 6.45) is 1.00. The molecule has 0 aromatic heterocycles. The molecule has 0 rings (SSSR count). The van der Waals surface area contributed by atoms with E-state index in [0.717, 1.165) is 13.0 Å². The second-order valence-corrected chi connectivity index (χ2v) is 2.26. The van der Waals surface area contributed by atoms with Crippen molar-refractivity contribution in [3.05, 3.63) is 0 Å². The average Bonchev–Trinajstić information content (AvgIpc) is 2.02. The van der Waals surface area contributed by atoms with Gasteiger partial charge in [0.25, 0.3) is 0 Å². The Bertz CT molecular complexity index is 119. The van der Waals surface area contributed by atoms with Crippen molar-refractivity contribution < 1.29 is 14.4 Å². The van der Waals surface area contributed by atoms with E-state index in [1.165, 1.54) is 0 Å². The number of rotatable bonds is 8. The van der Waals surface area contributed by atoms with Crippen molar-refractivity contribution in [3.63, 3.8) is 0 Å². The molecule has 0 saturated carbocycles. The van der Waals surface area contributed by atoms with Crippen LogP contribution in [-0.4, -0.2) is 32.3 Å². The van der Waals surface area contributed by atoms with Gasteiger partial charge < -0.3 is 10.5 Å². The third-order valence-corrected chi connectivity index (χ3v) is 1.01. The molecule has 5 heteroatoms. The maximum absolute atomic E-state index is 10.2. The van der Waals surface area contributed by atoms with Crippen molar-refractivity contribution in [1.82, 2.24) is 5.48 Å². The Morgan fingerprint density at radius 1 is 1.50 bits per heavy atom. The highest BCUT2D eigenvalue weighted by Gasteiger charge is 1.92. The van der Waals surface area contributed by atoms with Gasteiger partial charge in [0.1, 0.15) is 6.61 Å². The van der Waals surface area contributed by atoms with Gasteiger partial charge in [0.15, 0.2) is 0 Å². The van der Waals surface area contributed by atoms with E-state index >= 15 is 0 Å². The van der Waals surface area contributed by atoms with Crippen molar-refractivity contribution in [1.29, 1.82) is 0 Å². The fourth-order valence-corrected chi connectivity index (χ4v) is 0.555. The normalized spacial score (nSPS) is 10.1. The highest BCUT2D eigenvalue weighted by molar-refractivity contribution is 5.74. The first kappa shape index (κ1) is 11.4. The minimum Gasteiger partial charge on any atom is -0.380 e. The Morgan fingerprint density at radius 2 is 2.25 bits per heavy atom. The summed E-state index contributed by atoms with van der Waals surface area (Å²) in [6, 6.07) is 0. The van der Waals surface area contributed by atoms with Gasteiger partial charge in [0, 0.05) is 13.2 Å². The van der Waals surface area contributed by atoms with E-state index in [1.54, 1.807) is 0 Å². The van der Waals surface area contributed by atoms with Crippen LogP contribution in [-0.2, 0) is 14.4 Å². The van der Waals surface area contributed by atoms with Gasteiger partial charge >= 0.3 is 0 Å². The summed E-state index contributed by atoms with van der Waals surface area (Å²) in [5, 5.41) is 0. The van der Waals surface area contributed by atoms with Crippen LogP contribution in [0.15, 0.2) is 0 Å². The summed E-state index contributed by atoms with van der Waals surface area (Å²) in [5.41, 5.74) is 7.37. The van der Waals surface area contributed by atoms with E-state index < -0.39 is 5.91 Å². The Labute approximate surface area is 72.2 Å². The molecule has 0 heterocycles. The first-order valence-corrected chi connectivity index (χ1v) is 3.98. The van der Waals surface area contributed by atoms with Crippen molar-refractivity contribution in [2.24, 2.45) is 5.73 Å². The van der Waals surface area contributed by atoms with E-state index in [-0.39, 0.29) is 6.61 Å². The molecule has 5 nitrogen and oxygen atoms in total. The Balaban J connectivity index is 2.86.